The predicted octanol–water partition coefficient (Wildman–Crippen LogP) is 1.67. The summed E-state index contributed by atoms with van der Waals surface area (Å²) in [5, 5.41) is 12.9. The minimum Gasteiger partial charge on any atom is -0.363 e. The van der Waals surface area contributed by atoms with Crippen molar-refractivity contribution in [2.45, 2.75) is 5.51 Å². The molecule has 10 heteroatoms. The van der Waals surface area contributed by atoms with Crippen molar-refractivity contribution in [3.05, 3.63) is 28.4 Å². The van der Waals surface area contributed by atoms with E-state index in [1.54, 1.807) is 0 Å². The van der Waals surface area contributed by atoms with Crippen LogP contribution in [0.3, 0.4) is 0 Å². The van der Waals surface area contributed by atoms with E-state index in [1.165, 1.54) is 12.3 Å². The normalized spacial score (nSPS) is 13.1. The molecular formula is C8H8F3N3O3S. The Kier molecular flexibility index (Phi) is 4.59. The van der Waals surface area contributed by atoms with Crippen molar-refractivity contribution in [2.75, 3.05) is 17.6 Å². The summed E-state index contributed by atoms with van der Waals surface area (Å²) >= 11 is 0. The van der Waals surface area contributed by atoms with Gasteiger partial charge in [0.15, 0.2) is 0 Å². The highest BCUT2D eigenvalue weighted by atomic mass is 32.2. The van der Waals surface area contributed by atoms with Gasteiger partial charge < -0.3 is 5.32 Å². The van der Waals surface area contributed by atoms with E-state index >= 15 is 0 Å². The third kappa shape index (κ3) is 3.95. The van der Waals surface area contributed by atoms with Crippen LogP contribution in [0, 0.1) is 10.1 Å². The molecule has 0 aliphatic heterocycles. The van der Waals surface area contributed by atoms with Crippen LogP contribution < -0.4 is 5.32 Å². The van der Waals surface area contributed by atoms with Crippen LogP contribution >= 0.6 is 0 Å². The van der Waals surface area contributed by atoms with E-state index in [2.05, 4.69) is 10.3 Å². The largest absolute Gasteiger partial charge is 0.471 e. The van der Waals surface area contributed by atoms with Crippen LogP contribution in [0.25, 0.3) is 0 Å². The average Bonchev–Trinajstić information content (AvgIpc) is 2.28. The monoisotopic (exact) mass is 283 g/mol. The molecule has 6 nitrogen and oxygen atoms in total. The predicted molar refractivity (Wildman–Crippen MR) is 58.4 cm³/mol. The molecule has 0 aromatic carbocycles. The molecule has 1 heterocycles. The van der Waals surface area contributed by atoms with Crippen molar-refractivity contribution in [3.63, 3.8) is 0 Å². The number of pyridine rings is 1. The Bertz CT molecular complexity index is 466. The van der Waals surface area contributed by atoms with Gasteiger partial charge in [-0.15, -0.1) is 0 Å². The molecule has 0 radical (unpaired) electrons. The number of alkyl halides is 3. The molecule has 0 aliphatic carbocycles. The van der Waals surface area contributed by atoms with Crippen molar-refractivity contribution in [1.82, 2.24) is 4.98 Å². The summed E-state index contributed by atoms with van der Waals surface area (Å²) in [6.45, 7) is -0.329. The summed E-state index contributed by atoms with van der Waals surface area (Å²) in [7, 11) is -2.99. The summed E-state index contributed by atoms with van der Waals surface area (Å²) < 4.78 is 46.5. The first-order valence-electron chi connectivity index (χ1n) is 4.61. The van der Waals surface area contributed by atoms with E-state index in [4.69, 9.17) is 0 Å². The van der Waals surface area contributed by atoms with E-state index < -0.39 is 27.0 Å². The molecule has 0 saturated carbocycles. The number of nitrogens with one attached hydrogen (secondary N) is 1. The Hall–Kier alpha value is -1.71. The van der Waals surface area contributed by atoms with Crippen LogP contribution in [0.2, 0.25) is 0 Å². The van der Waals surface area contributed by atoms with Gasteiger partial charge in [-0.25, -0.2) is 4.98 Å². The zero-order valence-electron chi connectivity index (χ0n) is 8.81. The summed E-state index contributed by atoms with van der Waals surface area (Å²) in [4.78, 5) is 13.5. The molecule has 0 aliphatic rings. The standard InChI is InChI=1S/C8H8F3N3O3S/c9-8(10,11)18(17)5-4-13-7-6(14(15)16)2-1-3-12-7/h1-3H,4-5H2,(H,12,13). The van der Waals surface area contributed by atoms with Crippen molar-refractivity contribution < 1.29 is 22.3 Å². The number of halogens is 3. The molecule has 0 bridgehead atoms. The zero-order chi connectivity index (χ0) is 13.8. The number of hydrogen-bond donors (Lipinski definition) is 1. The molecule has 100 valence electrons. The summed E-state index contributed by atoms with van der Waals surface area (Å²) in [5.74, 6) is -0.848. The van der Waals surface area contributed by atoms with Crippen LogP contribution in [-0.2, 0) is 10.8 Å². The Labute approximate surface area is 102 Å². The third-order valence-corrected chi connectivity index (χ3v) is 2.91. The Morgan fingerprint density at radius 1 is 1.50 bits per heavy atom. The molecule has 0 spiro atoms. The molecule has 1 N–H and O–H groups in total. The zero-order valence-corrected chi connectivity index (χ0v) is 9.62. The van der Waals surface area contributed by atoms with Crippen molar-refractivity contribution >= 4 is 22.3 Å². The average molecular weight is 283 g/mol. The maximum Gasteiger partial charge on any atom is 0.471 e. The summed E-state index contributed by atoms with van der Waals surface area (Å²) in [6.07, 6.45) is 1.26. The molecule has 1 aromatic heterocycles. The fraction of sp³-hybridized carbons (Fsp3) is 0.375. The molecular weight excluding hydrogens is 275 g/mol. The lowest BCUT2D eigenvalue weighted by Crippen LogP contribution is -2.23. The fourth-order valence-electron chi connectivity index (χ4n) is 1.06. The van der Waals surface area contributed by atoms with Gasteiger partial charge in [-0.2, -0.15) is 13.2 Å². The minimum absolute atomic E-state index is 0.151. The molecule has 0 saturated heterocycles. The van der Waals surface area contributed by atoms with E-state index in [0.717, 1.165) is 6.07 Å². The van der Waals surface area contributed by atoms with Crippen LogP contribution in [0.5, 0.6) is 0 Å². The van der Waals surface area contributed by atoms with Gasteiger partial charge >= 0.3 is 11.2 Å². The highest BCUT2D eigenvalue weighted by molar-refractivity contribution is 7.85. The lowest BCUT2D eigenvalue weighted by atomic mass is 10.4. The summed E-state index contributed by atoms with van der Waals surface area (Å²) in [5.41, 5.74) is -5.13. The van der Waals surface area contributed by atoms with Gasteiger partial charge in [-0.05, 0) is 6.07 Å². The Morgan fingerprint density at radius 3 is 2.72 bits per heavy atom. The molecule has 1 aromatic rings. The number of nitro groups is 1. The molecule has 18 heavy (non-hydrogen) atoms. The Morgan fingerprint density at radius 2 is 2.17 bits per heavy atom. The number of aromatic nitrogens is 1. The van der Waals surface area contributed by atoms with E-state index in [0.29, 0.717) is 0 Å². The first-order valence-corrected chi connectivity index (χ1v) is 5.92. The van der Waals surface area contributed by atoms with E-state index in [9.17, 15) is 27.5 Å². The summed E-state index contributed by atoms with van der Waals surface area (Å²) in [6, 6.07) is 2.49. The lowest BCUT2D eigenvalue weighted by molar-refractivity contribution is -0.384. The van der Waals surface area contributed by atoms with Gasteiger partial charge in [-0.1, -0.05) is 0 Å². The smallest absolute Gasteiger partial charge is 0.363 e. The second-order valence-corrected chi connectivity index (χ2v) is 4.61. The van der Waals surface area contributed by atoms with Crippen LogP contribution in [0.1, 0.15) is 0 Å². The quantitative estimate of drug-likeness (QED) is 0.656. The Balaban J connectivity index is 2.60. The van der Waals surface area contributed by atoms with Gasteiger partial charge in [0.1, 0.15) is 10.8 Å². The lowest BCUT2D eigenvalue weighted by Gasteiger charge is -2.07. The highest BCUT2D eigenvalue weighted by Gasteiger charge is 2.36. The second kappa shape index (κ2) is 5.76. The minimum atomic E-state index is -4.78. The van der Waals surface area contributed by atoms with Gasteiger partial charge in [0.05, 0.1) is 4.92 Å². The second-order valence-electron chi connectivity index (χ2n) is 3.05. The highest BCUT2D eigenvalue weighted by Crippen LogP contribution is 2.22. The molecule has 0 amide bonds. The van der Waals surface area contributed by atoms with Crippen LogP contribution in [-0.4, -0.2) is 31.9 Å². The maximum atomic E-state index is 11.9. The fourth-order valence-corrected chi connectivity index (χ4v) is 1.58. The molecule has 1 rings (SSSR count). The van der Waals surface area contributed by atoms with Crippen LogP contribution in [0.15, 0.2) is 18.3 Å². The first-order chi connectivity index (χ1) is 8.32. The topological polar surface area (TPSA) is 85.1 Å². The maximum absolute atomic E-state index is 11.9. The number of hydrogen-bond acceptors (Lipinski definition) is 5. The van der Waals surface area contributed by atoms with Crippen LogP contribution in [0.4, 0.5) is 24.7 Å². The number of anilines is 1. The van der Waals surface area contributed by atoms with Gasteiger partial charge in [0.2, 0.25) is 5.82 Å². The molecule has 0 fully saturated rings. The van der Waals surface area contributed by atoms with Crippen molar-refractivity contribution in [1.29, 1.82) is 0 Å². The number of nitrogens with zero attached hydrogens (tertiary/aromatic N) is 2. The number of rotatable bonds is 5. The molecule has 1 atom stereocenters. The SMILES string of the molecule is O=[N+]([O-])c1cccnc1NCCS(=O)C(F)(F)F. The van der Waals surface area contributed by atoms with Crippen molar-refractivity contribution in [3.8, 4) is 0 Å². The van der Waals surface area contributed by atoms with Gasteiger partial charge in [-0.3, -0.25) is 14.3 Å². The van der Waals surface area contributed by atoms with Gasteiger partial charge in [0.25, 0.3) is 0 Å². The first kappa shape index (κ1) is 14.4. The third-order valence-electron chi connectivity index (χ3n) is 1.82. The van der Waals surface area contributed by atoms with Crippen molar-refractivity contribution in [2.24, 2.45) is 0 Å². The van der Waals surface area contributed by atoms with E-state index in [-0.39, 0.29) is 18.1 Å². The molecule has 1 unspecified atom stereocenters. The van der Waals surface area contributed by atoms with E-state index in [1.807, 2.05) is 0 Å². The van der Waals surface area contributed by atoms with Gasteiger partial charge in [0, 0.05) is 24.6 Å².